The normalized spacial score (nSPS) is 24.8. The lowest BCUT2D eigenvalue weighted by molar-refractivity contribution is 0.112. The molecule has 0 bridgehead atoms. The molecule has 0 radical (unpaired) electrons. The number of hydrogen-bond donors (Lipinski definition) is 1. The molecular weight excluding hydrogens is 218 g/mol. The van der Waals surface area contributed by atoms with E-state index in [1.165, 1.54) is 42.4 Å². The fourth-order valence-corrected chi connectivity index (χ4v) is 3.52. The van der Waals surface area contributed by atoms with E-state index in [1.807, 2.05) is 0 Å². The van der Waals surface area contributed by atoms with Crippen molar-refractivity contribution in [1.82, 2.24) is 0 Å². The Labute approximate surface area is 112 Å². The van der Waals surface area contributed by atoms with Gasteiger partial charge in [-0.3, -0.25) is 0 Å². The van der Waals surface area contributed by atoms with Crippen LogP contribution in [0.5, 0.6) is 0 Å². The molecule has 0 aromatic heterocycles. The fourth-order valence-electron chi connectivity index (χ4n) is 3.52. The summed E-state index contributed by atoms with van der Waals surface area (Å²) in [6, 6.07) is 6.86. The lowest BCUT2D eigenvalue weighted by atomic mass is 9.64. The van der Waals surface area contributed by atoms with Crippen molar-refractivity contribution in [2.24, 2.45) is 17.1 Å². The third-order valence-electron chi connectivity index (χ3n) is 4.82. The fraction of sp³-hybridized carbons (Fsp3) is 0.647. The number of aryl methyl sites for hydroxylation is 2. The van der Waals surface area contributed by atoms with E-state index in [1.54, 1.807) is 0 Å². The summed E-state index contributed by atoms with van der Waals surface area (Å²) in [7, 11) is 0. The molecule has 2 unspecified atom stereocenters. The van der Waals surface area contributed by atoms with Gasteiger partial charge in [0.25, 0.3) is 0 Å². The highest BCUT2D eigenvalue weighted by molar-refractivity contribution is 5.33. The summed E-state index contributed by atoms with van der Waals surface area (Å²) < 4.78 is 0. The minimum atomic E-state index is 0.195. The Morgan fingerprint density at radius 3 is 2.61 bits per heavy atom. The highest BCUT2D eigenvalue weighted by Gasteiger charge is 2.36. The van der Waals surface area contributed by atoms with Crippen LogP contribution in [0.1, 0.15) is 62.3 Å². The predicted octanol–water partition coefficient (Wildman–Crippen LogP) is 4.52. The van der Waals surface area contributed by atoms with Gasteiger partial charge < -0.3 is 5.73 Å². The molecule has 18 heavy (non-hydrogen) atoms. The molecule has 2 N–H and O–H groups in total. The van der Waals surface area contributed by atoms with Crippen LogP contribution >= 0.6 is 0 Å². The van der Waals surface area contributed by atoms with E-state index < -0.39 is 0 Å². The standard InChI is InChI=1S/C17H27N/c1-12-8-9-13(2)14(11-12)16(18)15-7-5-6-10-17(15,3)4/h8-9,11,15-16H,5-7,10,18H2,1-4H3. The van der Waals surface area contributed by atoms with E-state index in [4.69, 9.17) is 5.73 Å². The first-order chi connectivity index (χ1) is 8.42. The van der Waals surface area contributed by atoms with Gasteiger partial charge in [0.2, 0.25) is 0 Å². The molecule has 1 aliphatic rings. The van der Waals surface area contributed by atoms with Gasteiger partial charge in [0.15, 0.2) is 0 Å². The molecular formula is C17H27N. The zero-order valence-corrected chi connectivity index (χ0v) is 12.3. The Morgan fingerprint density at radius 2 is 1.94 bits per heavy atom. The third kappa shape index (κ3) is 2.61. The van der Waals surface area contributed by atoms with Crippen molar-refractivity contribution in [3.05, 3.63) is 34.9 Å². The molecule has 0 aliphatic heterocycles. The van der Waals surface area contributed by atoms with Crippen molar-refractivity contribution >= 4 is 0 Å². The summed E-state index contributed by atoms with van der Waals surface area (Å²) in [6.07, 6.45) is 5.30. The van der Waals surface area contributed by atoms with Crippen molar-refractivity contribution in [3.8, 4) is 0 Å². The van der Waals surface area contributed by atoms with Crippen LogP contribution in [-0.2, 0) is 0 Å². The van der Waals surface area contributed by atoms with Crippen LogP contribution in [0.15, 0.2) is 18.2 Å². The van der Waals surface area contributed by atoms with E-state index in [0.29, 0.717) is 11.3 Å². The van der Waals surface area contributed by atoms with Gasteiger partial charge in [-0.1, -0.05) is 50.5 Å². The van der Waals surface area contributed by atoms with Gasteiger partial charge in [-0.15, -0.1) is 0 Å². The molecule has 1 heteroatoms. The quantitative estimate of drug-likeness (QED) is 0.814. The van der Waals surface area contributed by atoms with Crippen molar-refractivity contribution in [2.45, 2.75) is 59.4 Å². The summed E-state index contributed by atoms with van der Waals surface area (Å²) in [4.78, 5) is 0. The average Bonchev–Trinajstić information content (AvgIpc) is 2.31. The zero-order valence-electron chi connectivity index (χ0n) is 12.3. The molecule has 0 saturated heterocycles. The molecule has 1 aromatic rings. The zero-order chi connectivity index (χ0) is 13.3. The third-order valence-corrected chi connectivity index (χ3v) is 4.82. The molecule has 1 saturated carbocycles. The van der Waals surface area contributed by atoms with Crippen molar-refractivity contribution in [1.29, 1.82) is 0 Å². The first-order valence-electron chi connectivity index (χ1n) is 7.24. The maximum absolute atomic E-state index is 6.62. The smallest absolute Gasteiger partial charge is 0.0331 e. The Bertz CT molecular complexity index is 420. The Kier molecular flexibility index (Phi) is 3.82. The minimum absolute atomic E-state index is 0.195. The number of nitrogens with two attached hydrogens (primary N) is 1. The lowest BCUT2D eigenvalue weighted by Gasteiger charge is -2.42. The average molecular weight is 245 g/mol. The summed E-state index contributed by atoms with van der Waals surface area (Å²) in [6.45, 7) is 9.12. The lowest BCUT2D eigenvalue weighted by Crippen LogP contribution is -2.36. The Hall–Kier alpha value is -0.820. The summed E-state index contributed by atoms with van der Waals surface area (Å²) in [5.74, 6) is 0.617. The van der Waals surface area contributed by atoms with Gasteiger partial charge in [-0.25, -0.2) is 0 Å². The van der Waals surface area contributed by atoms with Crippen LogP contribution in [0.3, 0.4) is 0 Å². The molecule has 0 spiro atoms. The topological polar surface area (TPSA) is 26.0 Å². The molecule has 1 fully saturated rings. The van der Waals surface area contributed by atoms with E-state index in [9.17, 15) is 0 Å². The van der Waals surface area contributed by atoms with Gasteiger partial charge >= 0.3 is 0 Å². The van der Waals surface area contributed by atoms with Crippen LogP contribution in [0.25, 0.3) is 0 Å². The van der Waals surface area contributed by atoms with Gasteiger partial charge in [0.05, 0.1) is 0 Å². The predicted molar refractivity (Wildman–Crippen MR) is 78.6 cm³/mol. The van der Waals surface area contributed by atoms with Crippen LogP contribution < -0.4 is 5.73 Å². The second kappa shape index (κ2) is 5.05. The number of rotatable bonds is 2. The Balaban J connectivity index is 2.29. The maximum atomic E-state index is 6.62. The molecule has 2 atom stereocenters. The largest absolute Gasteiger partial charge is 0.324 e. The summed E-state index contributed by atoms with van der Waals surface area (Å²) in [5.41, 5.74) is 11.0. The molecule has 1 aliphatic carbocycles. The van der Waals surface area contributed by atoms with Crippen LogP contribution in [-0.4, -0.2) is 0 Å². The second-order valence-electron chi connectivity index (χ2n) is 6.73. The molecule has 0 heterocycles. The van der Waals surface area contributed by atoms with Crippen LogP contribution in [0.2, 0.25) is 0 Å². The maximum Gasteiger partial charge on any atom is 0.0331 e. The molecule has 2 rings (SSSR count). The van der Waals surface area contributed by atoms with Gasteiger partial charge in [-0.2, -0.15) is 0 Å². The molecule has 1 nitrogen and oxygen atoms in total. The first-order valence-corrected chi connectivity index (χ1v) is 7.24. The van der Waals surface area contributed by atoms with Crippen molar-refractivity contribution < 1.29 is 0 Å². The van der Waals surface area contributed by atoms with Crippen LogP contribution in [0.4, 0.5) is 0 Å². The molecule has 0 amide bonds. The highest BCUT2D eigenvalue weighted by Crippen LogP contribution is 2.46. The highest BCUT2D eigenvalue weighted by atomic mass is 14.7. The number of benzene rings is 1. The van der Waals surface area contributed by atoms with Crippen molar-refractivity contribution in [2.75, 3.05) is 0 Å². The minimum Gasteiger partial charge on any atom is -0.324 e. The van der Waals surface area contributed by atoms with Gasteiger partial charge in [-0.05, 0) is 49.1 Å². The first kappa shape index (κ1) is 13.6. The van der Waals surface area contributed by atoms with Gasteiger partial charge in [0.1, 0.15) is 0 Å². The van der Waals surface area contributed by atoms with Crippen molar-refractivity contribution in [3.63, 3.8) is 0 Å². The Morgan fingerprint density at radius 1 is 1.22 bits per heavy atom. The van der Waals surface area contributed by atoms with E-state index in [0.717, 1.165) is 0 Å². The van der Waals surface area contributed by atoms with E-state index >= 15 is 0 Å². The van der Waals surface area contributed by atoms with E-state index in [2.05, 4.69) is 45.9 Å². The molecule has 1 aromatic carbocycles. The summed E-state index contributed by atoms with van der Waals surface area (Å²) >= 11 is 0. The van der Waals surface area contributed by atoms with Gasteiger partial charge in [0, 0.05) is 6.04 Å². The number of hydrogen-bond acceptors (Lipinski definition) is 1. The SMILES string of the molecule is Cc1ccc(C)c(C(N)C2CCCCC2(C)C)c1. The molecule has 100 valence electrons. The summed E-state index contributed by atoms with van der Waals surface area (Å²) in [5, 5.41) is 0. The second-order valence-corrected chi connectivity index (χ2v) is 6.73. The van der Waals surface area contributed by atoms with E-state index in [-0.39, 0.29) is 6.04 Å². The monoisotopic (exact) mass is 245 g/mol. The van der Waals surface area contributed by atoms with Crippen LogP contribution in [0, 0.1) is 25.2 Å².